The maximum atomic E-state index is 12.2. The van der Waals surface area contributed by atoms with E-state index >= 15 is 0 Å². The van der Waals surface area contributed by atoms with Crippen molar-refractivity contribution in [1.29, 1.82) is 0 Å². The number of ketones is 1. The SMILES string of the molecule is CCCCCCCCNC(=O)C=CC(=O)c1ccc([N+](=O)[O-])c(S)c1C. The van der Waals surface area contributed by atoms with Crippen LogP contribution >= 0.6 is 12.6 Å². The van der Waals surface area contributed by atoms with Gasteiger partial charge in [0.1, 0.15) is 0 Å². The van der Waals surface area contributed by atoms with E-state index in [1.165, 1.54) is 50.0 Å². The van der Waals surface area contributed by atoms with Gasteiger partial charge in [0, 0.05) is 24.3 Å². The molecule has 1 aromatic carbocycles. The number of benzene rings is 1. The van der Waals surface area contributed by atoms with Crippen LogP contribution in [0.15, 0.2) is 29.2 Å². The molecule has 0 aliphatic heterocycles. The van der Waals surface area contributed by atoms with E-state index in [2.05, 4.69) is 24.9 Å². The molecule has 0 aliphatic carbocycles. The van der Waals surface area contributed by atoms with Crippen molar-refractivity contribution in [3.05, 3.63) is 45.5 Å². The zero-order chi connectivity index (χ0) is 19.5. The van der Waals surface area contributed by atoms with Gasteiger partial charge in [-0.1, -0.05) is 39.0 Å². The summed E-state index contributed by atoms with van der Waals surface area (Å²) in [4.78, 5) is 34.4. The third-order valence-electron chi connectivity index (χ3n) is 4.09. The number of nitrogens with zero attached hydrogens (tertiary/aromatic N) is 1. The van der Waals surface area contributed by atoms with Crippen molar-refractivity contribution in [2.75, 3.05) is 6.54 Å². The molecular weight excluding hydrogens is 352 g/mol. The molecule has 1 N–H and O–H groups in total. The fourth-order valence-electron chi connectivity index (χ4n) is 2.52. The molecule has 0 unspecified atom stereocenters. The van der Waals surface area contributed by atoms with Crippen molar-refractivity contribution in [1.82, 2.24) is 5.32 Å². The van der Waals surface area contributed by atoms with E-state index in [1.807, 2.05) is 0 Å². The zero-order valence-electron chi connectivity index (χ0n) is 15.3. The second-order valence-corrected chi connectivity index (χ2v) is 6.57. The fourth-order valence-corrected chi connectivity index (χ4v) is 2.79. The Labute approximate surface area is 159 Å². The summed E-state index contributed by atoms with van der Waals surface area (Å²) < 4.78 is 0. The van der Waals surface area contributed by atoms with E-state index in [9.17, 15) is 19.7 Å². The Morgan fingerprint density at radius 1 is 1.15 bits per heavy atom. The third kappa shape index (κ3) is 7.00. The van der Waals surface area contributed by atoms with Crippen LogP contribution in [0, 0.1) is 17.0 Å². The van der Waals surface area contributed by atoms with E-state index < -0.39 is 4.92 Å². The van der Waals surface area contributed by atoms with Crippen molar-refractivity contribution in [2.45, 2.75) is 57.3 Å². The Morgan fingerprint density at radius 2 is 1.81 bits per heavy atom. The average molecular weight is 378 g/mol. The molecule has 7 heteroatoms. The summed E-state index contributed by atoms with van der Waals surface area (Å²) in [5, 5.41) is 13.6. The average Bonchev–Trinajstić information content (AvgIpc) is 2.60. The highest BCUT2D eigenvalue weighted by Crippen LogP contribution is 2.28. The number of nitro groups is 1. The third-order valence-corrected chi connectivity index (χ3v) is 4.65. The van der Waals surface area contributed by atoms with Crippen LogP contribution < -0.4 is 5.32 Å². The number of amides is 1. The summed E-state index contributed by atoms with van der Waals surface area (Å²) in [5.41, 5.74) is 0.563. The van der Waals surface area contributed by atoms with Gasteiger partial charge in [-0.25, -0.2) is 0 Å². The van der Waals surface area contributed by atoms with Gasteiger partial charge in [0.2, 0.25) is 5.91 Å². The lowest BCUT2D eigenvalue weighted by Crippen LogP contribution is -2.22. The Balaban J connectivity index is 2.50. The first kappa shape index (κ1) is 21.9. The Bertz CT molecular complexity index is 686. The Morgan fingerprint density at radius 3 is 2.46 bits per heavy atom. The number of carbonyl (C=O) groups is 2. The fraction of sp³-hybridized carbons (Fsp3) is 0.474. The minimum atomic E-state index is -0.546. The van der Waals surface area contributed by atoms with Gasteiger partial charge in [0.05, 0.1) is 9.82 Å². The molecular formula is C19H26N2O4S. The first-order valence-electron chi connectivity index (χ1n) is 8.85. The number of rotatable bonds is 11. The molecule has 142 valence electrons. The molecule has 0 heterocycles. The minimum Gasteiger partial charge on any atom is -0.353 e. The lowest BCUT2D eigenvalue weighted by Gasteiger charge is -2.06. The number of unbranched alkanes of at least 4 members (excludes halogenated alkanes) is 5. The molecule has 0 fully saturated rings. The Kier molecular flexibility index (Phi) is 9.65. The summed E-state index contributed by atoms with van der Waals surface area (Å²) in [5.74, 6) is -0.708. The van der Waals surface area contributed by atoms with Gasteiger partial charge in [-0.3, -0.25) is 19.7 Å². The highest BCUT2D eigenvalue weighted by molar-refractivity contribution is 7.80. The predicted molar refractivity (Wildman–Crippen MR) is 105 cm³/mol. The first-order chi connectivity index (χ1) is 12.4. The van der Waals surface area contributed by atoms with Crippen LogP contribution in [0.5, 0.6) is 0 Å². The van der Waals surface area contributed by atoms with Crippen molar-refractivity contribution >= 4 is 30.0 Å². The lowest BCUT2D eigenvalue weighted by molar-refractivity contribution is -0.387. The van der Waals surface area contributed by atoms with Gasteiger partial charge in [-0.2, -0.15) is 0 Å². The van der Waals surface area contributed by atoms with Crippen LogP contribution in [-0.2, 0) is 4.79 Å². The topological polar surface area (TPSA) is 89.3 Å². The van der Waals surface area contributed by atoms with E-state index in [1.54, 1.807) is 6.92 Å². The van der Waals surface area contributed by atoms with Gasteiger partial charge < -0.3 is 5.32 Å². The molecule has 0 saturated heterocycles. The predicted octanol–water partition coefficient (Wildman–Crippen LogP) is 4.41. The zero-order valence-corrected chi connectivity index (χ0v) is 16.2. The van der Waals surface area contributed by atoms with Crippen LogP contribution in [0.3, 0.4) is 0 Å². The molecule has 0 aromatic heterocycles. The molecule has 0 spiro atoms. The van der Waals surface area contributed by atoms with Crippen molar-refractivity contribution in [2.24, 2.45) is 0 Å². The van der Waals surface area contributed by atoms with Crippen LogP contribution in [-0.4, -0.2) is 23.2 Å². The van der Waals surface area contributed by atoms with Gasteiger partial charge in [-0.05, 0) is 31.1 Å². The van der Waals surface area contributed by atoms with Crippen molar-refractivity contribution in [3.8, 4) is 0 Å². The second kappa shape index (κ2) is 11.5. The van der Waals surface area contributed by atoms with Crippen molar-refractivity contribution < 1.29 is 14.5 Å². The van der Waals surface area contributed by atoms with E-state index in [0.29, 0.717) is 17.7 Å². The van der Waals surface area contributed by atoms with E-state index in [4.69, 9.17) is 0 Å². The number of allylic oxidation sites excluding steroid dienone is 1. The molecule has 0 aliphatic rings. The number of nitro benzene ring substituents is 1. The van der Waals surface area contributed by atoms with E-state index in [-0.39, 0.29) is 22.3 Å². The summed E-state index contributed by atoms with van der Waals surface area (Å²) in [6, 6.07) is 2.63. The number of carbonyl (C=O) groups excluding carboxylic acids is 2. The Hall–Kier alpha value is -2.15. The quantitative estimate of drug-likeness (QED) is 0.149. The monoisotopic (exact) mass is 378 g/mol. The van der Waals surface area contributed by atoms with Gasteiger partial charge >= 0.3 is 0 Å². The van der Waals surface area contributed by atoms with Crippen molar-refractivity contribution in [3.63, 3.8) is 0 Å². The summed E-state index contributed by atoms with van der Waals surface area (Å²) in [6.07, 6.45) is 9.21. The molecule has 6 nitrogen and oxygen atoms in total. The highest BCUT2D eigenvalue weighted by atomic mass is 32.1. The van der Waals surface area contributed by atoms with Crippen LogP contribution in [0.2, 0.25) is 0 Å². The number of thiol groups is 1. The summed E-state index contributed by atoms with van der Waals surface area (Å²) >= 11 is 4.11. The van der Waals surface area contributed by atoms with Crippen LogP contribution in [0.1, 0.15) is 61.4 Å². The standard InChI is InChI=1S/C19H26N2O4S/c1-3-4-5-6-7-8-13-20-18(23)12-11-17(22)15-9-10-16(21(24)25)19(26)14(15)2/h9-12,26H,3-8,13H2,1-2H3,(H,20,23). The van der Waals surface area contributed by atoms with Gasteiger partial charge in [0.25, 0.3) is 5.69 Å². The normalized spacial score (nSPS) is 10.9. The molecule has 1 rings (SSSR count). The van der Waals surface area contributed by atoms with Crippen LogP contribution in [0.4, 0.5) is 5.69 Å². The minimum absolute atomic E-state index is 0.150. The van der Waals surface area contributed by atoms with E-state index in [0.717, 1.165) is 12.8 Å². The molecule has 1 amide bonds. The highest BCUT2D eigenvalue weighted by Gasteiger charge is 2.18. The number of hydrogen-bond donors (Lipinski definition) is 2. The molecule has 26 heavy (non-hydrogen) atoms. The number of nitrogens with one attached hydrogen (secondary N) is 1. The molecule has 0 atom stereocenters. The maximum Gasteiger partial charge on any atom is 0.282 e. The second-order valence-electron chi connectivity index (χ2n) is 6.12. The largest absolute Gasteiger partial charge is 0.353 e. The smallest absolute Gasteiger partial charge is 0.282 e. The molecule has 0 radical (unpaired) electrons. The van der Waals surface area contributed by atoms with Gasteiger partial charge in [0.15, 0.2) is 5.78 Å². The first-order valence-corrected chi connectivity index (χ1v) is 9.30. The summed E-state index contributed by atoms with van der Waals surface area (Å²) in [6.45, 7) is 4.35. The number of hydrogen-bond acceptors (Lipinski definition) is 5. The maximum absolute atomic E-state index is 12.2. The molecule has 1 aromatic rings. The lowest BCUT2D eigenvalue weighted by atomic mass is 10.0. The molecule has 0 saturated carbocycles. The molecule has 0 bridgehead atoms. The summed E-state index contributed by atoms with van der Waals surface area (Å²) in [7, 11) is 0. The van der Waals surface area contributed by atoms with Crippen LogP contribution in [0.25, 0.3) is 0 Å². The van der Waals surface area contributed by atoms with Gasteiger partial charge in [-0.15, -0.1) is 12.6 Å².